The van der Waals surface area contributed by atoms with Crippen LogP contribution < -0.4 is 18.9 Å². The zero-order valence-electron chi connectivity index (χ0n) is 8.63. The van der Waals surface area contributed by atoms with Crippen molar-refractivity contribution in [3.8, 4) is 0 Å². The van der Waals surface area contributed by atoms with Gasteiger partial charge in [-0.3, -0.25) is 0 Å². The molecule has 2 rings (SSSR count). The van der Waals surface area contributed by atoms with Gasteiger partial charge in [-0.2, -0.15) is 0 Å². The van der Waals surface area contributed by atoms with Gasteiger partial charge in [-0.1, -0.05) is 12.8 Å². The van der Waals surface area contributed by atoms with E-state index in [1.165, 1.54) is 0 Å². The Labute approximate surface area is 91.3 Å². The van der Waals surface area contributed by atoms with Gasteiger partial charge >= 0.3 is 18.9 Å². The van der Waals surface area contributed by atoms with Crippen LogP contribution in [0.5, 0.6) is 0 Å². The molecule has 2 heterocycles. The van der Waals surface area contributed by atoms with Crippen LogP contribution in [-0.2, 0) is 14.2 Å². The molecule has 2 saturated heterocycles. The molecular formula is C9H15LiO3. The van der Waals surface area contributed by atoms with Gasteiger partial charge in [0.25, 0.3) is 5.97 Å². The van der Waals surface area contributed by atoms with E-state index in [1.54, 1.807) is 0 Å². The Balaban J connectivity index is 0.000000845. The number of fused-ring (bicyclic) bond motifs is 2. The van der Waals surface area contributed by atoms with Crippen LogP contribution in [0.4, 0.5) is 0 Å². The van der Waals surface area contributed by atoms with E-state index in [-0.39, 0.29) is 30.4 Å². The Morgan fingerprint density at radius 3 is 2.62 bits per heavy atom. The maximum atomic E-state index is 5.73. The van der Waals surface area contributed by atoms with Crippen molar-refractivity contribution in [1.29, 1.82) is 0 Å². The molecule has 2 fully saturated rings. The molecule has 2 aliphatic rings. The fraction of sp³-hybridized carbons (Fsp3) is 0.889. The summed E-state index contributed by atoms with van der Waals surface area (Å²) in [5.41, 5.74) is -0.149. The molecule has 4 heteroatoms. The van der Waals surface area contributed by atoms with Crippen molar-refractivity contribution in [2.75, 3.05) is 13.2 Å². The van der Waals surface area contributed by atoms with Gasteiger partial charge in [0, 0.05) is 6.42 Å². The molecule has 0 N–H and O–H groups in total. The fourth-order valence-corrected chi connectivity index (χ4v) is 1.64. The van der Waals surface area contributed by atoms with Crippen LogP contribution in [0.1, 0.15) is 20.3 Å². The van der Waals surface area contributed by atoms with E-state index in [0.717, 1.165) is 6.42 Å². The van der Waals surface area contributed by atoms with Crippen LogP contribution in [0.3, 0.4) is 0 Å². The third-order valence-corrected chi connectivity index (χ3v) is 2.51. The second-order valence-electron chi connectivity index (χ2n) is 3.94. The Kier molecular flexibility index (Phi) is 3.17. The molecule has 0 aromatic rings. The minimum Gasteiger partial charge on any atom is -0.333 e. The van der Waals surface area contributed by atoms with Gasteiger partial charge < -0.3 is 21.1 Å². The van der Waals surface area contributed by atoms with Crippen LogP contribution in [-0.4, -0.2) is 24.8 Å². The molecule has 70 valence electrons. The molecule has 3 atom stereocenters. The van der Waals surface area contributed by atoms with Crippen molar-refractivity contribution in [3.05, 3.63) is 6.92 Å². The Hall–Kier alpha value is 0.477. The molecule has 0 aliphatic carbocycles. The molecule has 0 saturated carbocycles. The minimum absolute atomic E-state index is 0. The second kappa shape index (κ2) is 3.56. The Morgan fingerprint density at radius 1 is 1.38 bits per heavy atom. The topological polar surface area (TPSA) is 27.7 Å². The average Bonchev–Trinajstić information content (AvgIpc) is 2.24. The van der Waals surface area contributed by atoms with Crippen LogP contribution in [0.2, 0.25) is 0 Å². The first-order valence-corrected chi connectivity index (χ1v) is 4.38. The predicted molar refractivity (Wildman–Crippen MR) is 43.3 cm³/mol. The third-order valence-electron chi connectivity index (χ3n) is 2.51. The van der Waals surface area contributed by atoms with E-state index in [0.29, 0.717) is 13.2 Å². The Morgan fingerprint density at radius 2 is 2.08 bits per heavy atom. The molecule has 0 amide bonds. The fourth-order valence-electron chi connectivity index (χ4n) is 1.64. The SMILES string of the molecule is [CH2-][C@H](C)C12OCCC(C)(CO1)O2.[Li+]. The monoisotopic (exact) mass is 178 g/mol. The van der Waals surface area contributed by atoms with Gasteiger partial charge in [0.1, 0.15) is 0 Å². The molecule has 0 radical (unpaired) electrons. The van der Waals surface area contributed by atoms with E-state index in [1.807, 2.05) is 6.92 Å². The van der Waals surface area contributed by atoms with E-state index in [2.05, 4.69) is 13.8 Å². The molecule has 13 heavy (non-hydrogen) atoms. The zero-order chi connectivity index (χ0) is 8.82. The minimum atomic E-state index is -0.854. The van der Waals surface area contributed by atoms with Gasteiger partial charge in [-0.15, -0.1) is 0 Å². The molecular weight excluding hydrogens is 163 g/mol. The van der Waals surface area contributed by atoms with Crippen molar-refractivity contribution in [2.24, 2.45) is 5.92 Å². The first-order chi connectivity index (χ1) is 5.56. The summed E-state index contributed by atoms with van der Waals surface area (Å²) < 4.78 is 16.7. The first-order valence-electron chi connectivity index (χ1n) is 4.38. The first kappa shape index (κ1) is 11.6. The van der Waals surface area contributed by atoms with Gasteiger partial charge in [0.2, 0.25) is 0 Å². The standard InChI is InChI=1S/C9H15O3.Li/c1-7(2)9-10-5-4-8(3,12-9)6-11-9;/h7H,1,4-6H2,2-3H3;/q-1;+1/t7-,8?,9?;/m1./s1. The smallest absolute Gasteiger partial charge is 0.333 e. The Bertz CT molecular complexity index is 197. The third kappa shape index (κ3) is 1.81. The van der Waals surface area contributed by atoms with Gasteiger partial charge in [0.05, 0.1) is 18.8 Å². The van der Waals surface area contributed by atoms with Crippen molar-refractivity contribution in [1.82, 2.24) is 0 Å². The molecule has 0 aromatic heterocycles. The zero-order valence-corrected chi connectivity index (χ0v) is 8.63. The largest absolute Gasteiger partial charge is 1.00 e. The van der Waals surface area contributed by atoms with Crippen LogP contribution in [0.25, 0.3) is 0 Å². The van der Waals surface area contributed by atoms with Crippen molar-refractivity contribution >= 4 is 0 Å². The van der Waals surface area contributed by atoms with Crippen LogP contribution >= 0.6 is 0 Å². The molecule has 0 aromatic carbocycles. The summed E-state index contributed by atoms with van der Waals surface area (Å²) in [5.74, 6) is -0.855. The quantitative estimate of drug-likeness (QED) is 0.355. The van der Waals surface area contributed by atoms with Crippen LogP contribution in [0.15, 0.2) is 0 Å². The number of hydrogen-bond donors (Lipinski definition) is 0. The summed E-state index contributed by atoms with van der Waals surface area (Å²) in [6.07, 6.45) is 0.904. The molecule has 0 spiro atoms. The van der Waals surface area contributed by atoms with Gasteiger partial charge in [-0.25, -0.2) is 0 Å². The van der Waals surface area contributed by atoms with E-state index < -0.39 is 5.97 Å². The summed E-state index contributed by atoms with van der Waals surface area (Å²) in [7, 11) is 0. The summed E-state index contributed by atoms with van der Waals surface area (Å²) in [6.45, 7) is 9.21. The van der Waals surface area contributed by atoms with Crippen molar-refractivity contribution in [3.63, 3.8) is 0 Å². The summed E-state index contributed by atoms with van der Waals surface area (Å²) in [5, 5.41) is 0. The van der Waals surface area contributed by atoms with Gasteiger partial charge in [-0.05, 0) is 6.92 Å². The van der Waals surface area contributed by atoms with E-state index in [4.69, 9.17) is 14.2 Å². The molecule has 2 bridgehead atoms. The van der Waals surface area contributed by atoms with Crippen molar-refractivity contribution in [2.45, 2.75) is 31.8 Å². The summed E-state index contributed by atoms with van der Waals surface area (Å²) in [6, 6.07) is 0. The van der Waals surface area contributed by atoms with E-state index >= 15 is 0 Å². The normalized spacial score (nSPS) is 45.5. The molecule has 2 aliphatic heterocycles. The van der Waals surface area contributed by atoms with Crippen molar-refractivity contribution < 1.29 is 33.1 Å². The average molecular weight is 178 g/mol. The predicted octanol–water partition coefficient (Wildman–Crippen LogP) is -1.66. The molecule has 2 unspecified atom stereocenters. The van der Waals surface area contributed by atoms with E-state index in [9.17, 15) is 0 Å². The number of ether oxygens (including phenoxy) is 3. The maximum Gasteiger partial charge on any atom is 1.00 e. The summed E-state index contributed by atoms with van der Waals surface area (Å²) >= 11 is 0. The number of rotatable bonds is 1. The van der Waals surface area contributed by atoms with Crippen LogP contribution in [0, 0.1) is 12.8 Å². The van der Waals surface area contributed by atoms with Gasteiger partial charge in [0.15, 0.2) is 0 Å². The maximum absolute atomic E-state index is 5.73. The molecule has 3 nitrogen and oxygen atoms in total. The number of hydrogen-bond acceptors (Lipinski definition) is 3. The summed E-state index contributed by atoms with van der Waals surface area (Å²) in [4.78, 5) is 0. The second-order valence-corrected chi connectivity index (χ2v) is 3.94.